The van der Waals surface area contributed by atoms with Crippen molar-refractivity contribution in [2.75, 3.05) is 0 Å². The number of nitro groups is 1. The van der Waals surface area contributed by atoms with E-state index >= 15 is 0 Å². The van der Waals surface area contributed by atoms with Gasteiger partial charge in [-0.15, -0.1) is 5.92 Å². The monoisotopic (exact) mass is 226 g/mol. The van der Waals surface area contributed by atoms with Crippen molar-refractivity contribution in [3.63, 3.8) is 0 Å². The molecule has 0 saturated heterocycles. The predicted molar refractivity (Wildman–Crippen MR) is 65.7 cm³/mol. The Bertz CT molecular complexity index is 666. The molecule has 1 aromatic carbocycles. The Kier molecular flexibility index (Phi) is 2.75. The van der Waals surface area contributed by atoms with Crippen LogP contribution in [0.15, 0.2) is 24.4 Å². The maximum absolute atomic E-state index is 10.9. The van der Waals surface area contributed by atoms with Crippen LogP contribution < -0.4 is 0 Å². The molecule has 0 spiro atoms. The lowest BCUT2D eigenvalue weighted by Crippen LogP contribution is -1.93. The van der Waals surface area contributed by atoms with Gasteiger partial charge in [-0.25, -0.2) is 0 Å². The highest BCUT2D eigenvalue weighted by atomic mass is 16.6. The second-order valence-electron chi connectivity index (χ2n) is 3.65. The molecular weight excluding hydrogens is 216 g/mol. The van der Waals surface area contributed by atoms with E-state index in [0.29, 0.717) is 5.56 Å². The fraction of sp³-hybridized carbons (Fsp3) is 0.154. The van der Waals surface area contributed by atoms with Gasteiger partial charge in [0.25, 0.3) is 5.69 Å². The van der Waals surface area contributed by atoms with Crippen LogP contribution in [0.5, 0.6) is 0 Å². The van der Waals surface area contributed by atoms with Gasteiger partial charge in [0.1, 0.15) is 0 Å². The lowest BCUT2D eigenvalue weighted by Gasteiger charge is -2.02. The van der Waals surface area contributed by atoms with Crippen LogP contribution in [0.2, 0.25) is 0 Å². The van der Waals surface area contributed by atoms with Crippen LogP contribution in [0.25, 0.3) is 10.9 Å². The Morgan fingerprint density at radius 2 is 2.18 bits per heavy atom. The first kappa shape index (κ1) is 11.1. The third-order valence-corrected chi connectivity index (χ3v) is 2.52. The number of nitro benzene ring substituents is 1. The van der Waals surface area contributed by atoms with Crippen molar-refractivity contribution in [3.05, 3.63) is 45.6 Å². The second kappa shape index (κ2) is 4.22. The van der Waals surface area contributed by atoms with E-state index in [1.807, 2.05) is 0 Å². The highest BCUT2D eigenvalue weighted by Crippen LogP contribution is 2.25. The molecule has 84 valence electrons. The largest absolute Gasteiger partial charge is 0.273 e. The number of aromatic nitrogens is 1. The normalized spacial score (nSPS) is 9.76. The lowest BCUT2D eigenvalue weighted by molar-refractivity contribution is -0.385. The van der Waals surface area contributed by atoms with Crippen LogP contribution in [-0.4, -0.2) is 9.91 Å². The average Bonchev–Trinajstić information content (AvgIpc) is 2.28. The number of fused-ring (bicyclic) bond motifs is 1. The number of nitrogens with zero attached hydrogens (tertiary/aromatic N) is 2. The Morgan fingerprint density at radius 3 is 2.82 bits per heavy atom. The average molecular weight is 226 g/mol. The minimum atomic E-state index is -0.384. The minimum absolute atomic E-state index is 0.102. The predicted octanol–water partition coefficient (Wildman–Crippen LogP) is 2.82. The molecule has 0 fully saturated rings. The fourth-order valence-corrected chi connectivity index (χ4v) is 1.73. The van der Waals surface area contributed by atoms with Crippen molar-refractivity contribution in [1.29, 1.82) is 0 Å². The van der Waals surface area contributed by atoms with Gasteiger partial charge in [0.2, 0.25) is 0 Å². The lowest BCUT2D eigenvalue weighted by atomic mass is 10.1. The van der Waals surface area contributed by atoms with E-state index in [4.69, 9.17) is 0 Å². The molecule has 4 heteroatoms. The molecule has 0 radical (unpaired) electrons. The summed E-state index contributed by atoms with van der Waals surface area (Å²) in [6.45, 7) is 3.44. The van der Waals surface area contributed by atoms with Crippen molar-refractivity contribution in [2.45, 2.75) is 13.8 Å². The molecule has 0 N–H and O–H groups in total. The second-order valence-corrected chi connectivity index (χ2v) is 3.65. The fourth-order valence-electron chi connectivity index (χ4n) is 1.73. The minimum Gasteiger partial charge on any atom is -0.258 e. The van der Waals surface area contributed by atoms with E-state index in [-0.39, 0.29) is 10.6 Å². The summed E-state index contributed by atoms with van der Waals surface area (Å²) in [6.07, 6.45) is 1.66. The van der Waals surface area contributed by atoms with Gasteiger partial charge in [-0.3, -0.25) is 15.1 Å². The van der Waals surface area contributed by atoms with Gasteiger partial charge in [-0.1, -0.05) is 5.92 Å². The molecular formula is C13H10N2O2. The van der Waals surface area contributed by atoms with Gasteiger partial charge in [-0.2, -0.15) is 0 Å². The molecule has 0 saturated carbocycles. The van der Waals surface area contributed by atoms with Crippen LogP contribution in [0.3, 0.4) is 0 Å². The first-order chi connectivity index (χ1) is 8.13. The van der Waals surface area contributed by atoms with Crippen molar-refractivity contribution < 1.29 is 4.92 Å². The molecule has 1 aromatic heterocycles. The van der Waals surface area contributed by atoms with E-state index in [1.54, 1.807) is 32.2 Å². The summed E-state index contributed by atoms with van der Waals surface area (Å²) in [5.41, 5.74) is 2.20. The molecule has 0 aliphatic rings. The number of aryl methyl sites for hydroxylation is 1. The summed E-state index contributed by atoms with van der Waals surface area (Å²) in [5.74, 6) is 5.72. The molecule has 0 bridgehead atoms. The van der Waals surface area contributed by atoms with Crippen molar-refractivity contribution in [1.82, 2.24) is 4.98 Å². The Labute approximate surface area is 98.4 Å². The van der Waals surface area contributed by atoms with Gasteiger partial charge < -0.3 is 0 Å². The molecule has 17 heavy (non-hydrogen) atoms. The van der Waals surface area contributed by atoms with Crippen LogP contribution in [0.1, 0.15) is 18.1 Å². The summed E-state index contributed by atoms with van der Waals surface area (Å²) < 4.78 is 0. The van der Waals surface area contributed by atoms with E-state index in [9.17, 15) is 10.1 Å². The van der Waals surface area contributed by atoms with E-state index in [0.717, 1.165) is 16.5 Å². The van der Waals surface area contributed by atoms with Crippen LogP contribution in [0, 0.1) is 28.9 Å². The van der Waals surface area contributed by atoms with Gasteiger partial charge in [0.05, 0.1) is 10.4 Å². The van der Waals surface area contributed by atoms with Crippen molar-refractivity contribution in [3.8, 4) is 11.8 Å². The zero-order chi connectivity index (χ0) is 12.4. The summed E-state index contributed by atoms with van der Waals surface area (Å²) in [5, 5.41) is 11.6. The van der Waals surface area contributed by atoms with E-state index in [2.05, 4.69) is 16.8 Å². The summed E-state index contributed by atoms with van der Waals surface area (Å²) in [6, 6.07) is 5.02. The maximum atomic E-state index is 10.9. The van der Waals surface area contributed by atoms with E-state index < -0.39 is 0 Å². The molecule has 0 atom stereocenters. The van der Waals surface area contributed by atoms with Gasteiger partial charge in [-0.05, 0) is 26.0 Å². The highest BCUT2D eigenvalue weighted by Gasteiger charge is 2.13. The van der Waals surface area contributed by atoms with Gasteiger partial charge in [0.15, 0.2) is 0 Å². The molecule has 2 aromatic rings. The first-order valence-corrected chi connectivity index (χ1v) is 5.10. The zero-order valence-corrected chi connectivity index (χ0v) is 9.52. The molecule has 0 aliphatic carbocycles. The molecule has 0 unspecified atom stereocenters. The number of hydrogen-bond acceptors (Lipinski definition) is 3. The molecule has 1 heterocycles. The quantitative estimate of drug-likeness (QED) is 0.427. The number of benzene rings is 1. The Hall–Kier alpha value is -2.41. The summed E-state index contributed by atoms with van der Waals surface area (Å²) in [4.78, 5) is 14.7. The SMILES string of the molecule is CC#Cc1ccnc2cc(C)c([N+](=O)[O-])cc12. The van der Waals surface area contributed by atoms with Crippen LogP contribution in [0.4, 0.5) is 5.69 Å². The zero-order valence-electron chi connectivity index (χ0n) is 9.52. The smallest absolute Gasteiger partial charge is 0.258 e. The van der Waals surface area contributed by atoms with Gasteiger partial charge >= 0.3 is 0 Å². The maximum Gasteiger partial charge on any atom is 0.273 e. The summed E-state index contributed by atoms with van der Waals surface area (Å²) >= 11 is 0. The van der Waals surface area contributed by atoms with Crippen LogP contribution in [-0.2, 0) is 0 Å². The first-order valence-electron chi connectivity index (χ1n) is 5.10. The number of hydrogen-bond donors (Lipinski definition) is 0. The molecule has 0 amide bonds. The van der Waals surface area contributed by atoms with Crippen molar-refractivity contribution in [2.24, 2.45) is 0 Å². The van der Waals surface area contributed by atoms with E-state index in [1.165, 1.54) is 6.07 Å². The number of rotatable bonds is 1. The topological polar surface area (TPSA) is 56.0 Å². The molecule has 4 nitrogen and oxygen atoms in total. The third kappa shape index (κ3) is 1.95. The summed E-state index contributed by atoms with van der Waals surface area (Å²) in [7, 11) is 0. The molecule has 2 rings (SSSR count). The Balaban J connectivity index is 2.83. The molecule has 0 aliphatic heterocycles. The van der Waals surface area contributed by atoms with Crippen molar-refractivity contribution >= 4 is 16.6 Å². The standard InChI is InChI=1S/C13H10N2O2/c1-3-4-10-5-6-14-12-7-9(2)13(15(16)17)8-11(10)12/h5-8H,1-2H3. The van der Waals surface area contributed by atoms with Gasteiger partial charge in [0, 0.05) is 28.8 Å². The Morgan fingerprint density at radius 1 is 1.41 bits per heavy atom. The third-order valence-electron chi connectivity index (χ3n) is 2.52. The van der Waals surface area contributed by atoms with Crippen LogP contribution >= 0.6 is 0 Å². The number of pyridine rings is 1. The highest BCUT2D eigenvalue weighted by molar-refractivity contribution is 5.87.